The van der Waals surface area contributed by atoms with Crippen molar-refractivity contribution in [2.24, 2.45) is 0 Å². The Kier molecular flexibility index (Phi) is 3.16. The molecule has 1 aliphatic heterocycles. The topological polar surface area (TPSA) is 30.5 Å². The third-order valence-electron chi connectivity index (χ3n) is 4.37. The number of ether oxygens (including phenoxy) is 2. The summed E-state index contributed by atoms with van der Waals surface area (Å²) in [5.74, 6) is 2.64. The molecule has 0 spiro atoms. The van der Waals surface area contributed by atoms with E-state index in [1.54, 1.807) is 14.2 Å². The molecule has 1 saturated heterocycles. The molecule has 1 aromatic carbocycles. The van der Waals surface area contributed by atoms with Crippen molar-refractivity contribution in [3.05, 3.63) is 23.3 Å². The summed E-state index contributed by atoms with van der Waals surface area (Å²) in [5, 5.41) is 3.65. The lowest BCUT2D eigenvalue weighted by Gasteiger charge is -2.39. The minimum Gasteiger partial charge on any atom is -0.496 e. The lowest BCUT2D eigenvalue weighted by atomic mass is 9.74. The summed E-state index contributed by atoms with van der Waals surface area (Å²) in [6.07, 6.45) is 4.81. The Hall–Kier alpha value is -1.22. The highest BCUT2D eigenvalue weighted by molar-refractivity contribution is 5.52. The molecule has 1 fully saturated rings. The smallest absolute Gasteiger partial charge is 0.122 e. The number of methoxy groups -OCH3 is 2. The average molecular weight is 247 g/mol. The molecule has 3 nitrogen and oxygen atoms in total. The molecule has 2 atom stereocenters. The zero-order chi connectivity index (χ0) is 12.5. The number of hydrogen-bond acceptors (Lipinski definition) is 3. The van der Waals surface area contributed by atoms with Gasteiger partial charge in [-0.25, -0.2) is 0 Å². The van der Waals surface area contributed by atoms with Gasteiger partial charge in [0, 0.05) is 23.1 Å². The SMILES string of the molecule is COc1ccc(OC)c2c1CC[C@@H]1NCCCC21. The van der Waals surface area contributed by atoms with Crippen LogP contribution in [0, 0.1) is 0 Å². The molecule has 1 unspecified atom stereocenters. The Morgan fingerprint density at radius 2 is 1.89 bits per heavy atom. The van der Waals surface area contributed by atoms with Crippen molar-refractivity contribution in [2.45, 2.75) is 37.6 Å². The van der Waals surface area contributed by atoms with Gasteiger partial charge in [-0.2, -0.15) is 0 Å². The third kappa shape index (κ3) is 1.77. The number of nitrogens with one attached hydrogen (secondary N) is 1. The highest BCUT2D eigenvalue weighted by atomic mass is 16.5. The molecule has 18 heavy (non-hydrogen) atoms. The van der Waals surface area contributed by atoms with Crippen LogP contribution in [-0.4, -0.2) is 26.8 Å². The van der Waals surface area contributed by atoms with Crippen LogP contribution in [-0.2, 0) is 6.42 Å². The van der Waals surface area contributed by atoms with E-state index in [9.17, 15) is 0 Å². The van der Waals surface area contributed by atoms with Gasteiger partial charge in [-0.1, -0.05) is 0 Å². The maximum absolute atomic E-state index is 5.58. The fourth-order valence-corrected chi connectivity index (χ4v) is 3.56. The van der Waals surface area contributed by atoms with Gasteiger partial charge in [0.2, 0.25) is 0 Å². The van der Waals surface area contributed by atoms with Gasteiger partial charge >= 0.3 is 0 Å². The van der Waals surface area contributed by atoms with E-state index in [-0.39, 0.29) is 0 Å². The van der Waals surface area contributed by atoms with Gasteiger partial charge in [-0.05, 0) is 44.4 Å². The molecule has 0 radical (unpaired) electrons. The van der Waals surface area contributed by atoms with E-state index in [2.05, 4.69) is 11.4 Å². The molecule has 3 rings (SSSR count). The van der Waals surface area contributed by atoms with Gasteiger partial charge in [-0.3, -0.25) is 0 Å². The fraction of sp³-hybridized carbons (Fsp3) is 0.600. The van der Waals surface area contributed by atoms with Crippen molar-refractivity contribution in [3.63, 3.8) is 0 Å². The van der Waals surface area contributed by atoms with Crippen LogP contribution in [0.5, 0.6) is 11.5 Å². The van der Waals surface area contributed by atoms with Gasteiger partial charge in [0.25, 0.3) is 0 Å². The zero-order valence-corrected chi connectivity index (χ0v) is 11.2. The molecule has 1 heterocycles. The van der Waals surface area contributed by atoms with Crippen LogP contribution in [0.1, 0.15) is 36.3 Å². The number of hydrogen-bond donors (Lipinski definition) is 1. The second kappa shape index (κ2) is 4.81. The molecule has 1 N–H and O–H groups in total. The summed E-state index contributed by atoms with van der Waals surface area (Å²) in [6, 6.07) is 4.70. The van der Waals surface area contributed by atoms with Crippen LogP contribution in [0.4, 0.5) is 0 Å². The summed E-state index contributed by atoms with van der Waals surface area (Å²) in [7, 11) is 3.52. The van der Waals surface area contributed by atoms with Crippen LogP contribution in [0.3, 0.4) is 0 Å². The van der Waals surface area contributed by atoms with E-state index in [1.165, 1.54) is 30.4 Å². The van der Waals surface area contributed by atoms with Crippen molar-refractivity contribution >= 4 is 0 Å². The van der Waals surface area contributed by atoms with E-state index < -0.39 is 0 Å². The highest BCUT2D eigenvalue weighted by Crippen LogP contribution is 2.45. The standard InChI is InChI=1S/C15H21NO2/c1-17-13-7-8-14(18-2)15-10-4-3-9-16-12(10)6-5-11(13)15/h7-8,10,12,16H,3-6,9H2,1-2H3/t10?,12-/m0/s1. The fourth-order valence-electron chi connectivity index (χ4n) is 3.56. The molecule has 3 heteroatoms. The molecule has 0 aromatic heterocycles. The molecule has 0 saturated carbocycles. The first kappa shape index (κ1) is 11.8. The molecule has 2 aliphatic rings. The summed E-state index contributed by atoms with van der Waals surface area (Å²) < 4.78 is 11.1. The number of piperidine rings is 1. The van der Waals surface area contributed by atoms with Crippen LogP contribution >= 0.6 is 0 Å². The summed E-state index contributed by atoms with van der Waals surface area (Å²) in [6.45, 7) is 1.16. The van der Waals surface area contributed by atoms with Crippen LogP contribution in [0.2, 0.25) is 0 Å². The summed E-state index contributed by atoms with van der Waals surface area (Å²) in [4.78, 5) is 0. The van der Waals surface area contributed by atoms with E-state index in [0.717, 1.165) is 24.5 Å². The minimum atomic E-state index is 0.590. The number of fused-ring (bicyclic) bond motifs is 3. The van der Waals surface area contributed by atoms with Crippen LogP contribution < -0.4 is 14.8 Å². The van der Waals surface area contributed by atoms with E-state index in [1.807, 2.05) is 6.07 Å². The van der Waals surface area contributed by atoms with E-state index in [0.29, 0.717) is 12.0 Å². The predicted octanol–water partition coefficient (Wildman–Crippen LogP) is 2.49. The van der Waals surface area contributed by atoms with Gasteiger partial charge in [-0.15, -0.1) is 0 Å². The Labute approximate surface area is 108 Å². The molecule has 1 aromatic rings. The summed E-state index contributed by atoms with van der Waals surface area (Å²) in [5.41, 5.74) is 2.75. The van der Waals surface area contributed by atoms with Crippen molar-refractivity contribution in [1.82, 2.24) is 5.32 Å². The van der Waals surface area contributed by atoms with E-state index in [4.69, 9.17) is 9.47 Å². The van der Waals surface area contributed by atoms with Gasteiger partial charge < -0.3 is 14.8 Å². The van der Waals surface area contributed by atoms with Gasteiger partial charge in [0.05, 0.1) is 14.2 Å². The van der Waals surface area contributed by atoms with Crippen LogP contribution in [0.15, 0.2) is 12.1 Å². The predicted molar refractivity (Wildman–Crippen MR) is 71.6 cm³/mol. The van der Waals surface area contributed by atoms with Gasteiger partial charge in [0.1, 0.15) is 11.5 Å². The first-order valence-corrected chi connectivity index (χ1v) is 6.82. The Bertz CT molecular complexity index is 444. The first-order valence-electron chi connectivity index (χ1n) is 6.82. The molecular formula is C15H21NO2. The number of rotatable bonds is 2. The molecule has 98 valence electrons. The molecule has 0 amide bonds. The Balaban J connectivity index is 2.09. The molecule has 0 bridgehead atoms. The van der Waals surface area contributed by atoms with Gasteiger partial charge in [0.15, 0.2) is 0 Å². The first-order chi connectivity index (χ1) is 8.85. The second-order valence-electron chi connectivity index (χ2n) is 5.21. The Morgan fingerprint density at radius 3 is 2.67 bits per heavy atom. The minimum absolute atomic E-state index is 0.590. The normalized spacial score (nSPS) is 26.1. The third-order valence-corrected chi connectivity index (χ3v) is 4.37. The lowest BCUT2D eigenvalue weighted by Crippen LogP contribution is -2.42. The second-order valence-corrected chi connectivity index (χ2v) is 5.21. The van der Waals surface area contributed by atoms with Crippen LogP contribution in [0.25, 0.3) is 0 Å². The van der Waals surface area contributed by atoms with Crippen molar-refractivity contribution in [2.75, 3.05) is 20.8 Å². The van der Waals surface area contributed by atoms with E-state index >= 15 is 0 Å². The summed E-state index contributed by atoms with van der Waals surface area (Å²) >= 11 is 0. The quantitative estimate of drug-likeness (QED) is 0.871. The highest BCUT2D eigenvalue weighted by Gasteiger charge is 2.35. The van der Waals surface area contributed by atoms with Crippen molar-refractivity contribution in [3.8, 4) is 11.5 Å². The molecular weight excluding hydrogens is 226 g/mol. The monoisotopic (exact) mass is 247 g/mol. The Morgan fingerprint density at radius 1 is 1.11 bits per heavy atom. The lowest BCUT2D eigenvalue weighted by molar-refractivity contribution is 0.301. The maximum atomic E-state index is 5.58. The zero-order valence-electron chi connectivity index (χ0n) is 11.2. The average Bonchev–Trinajstić information content (AvgIpc) is 2.45. The molecule has 1 aliphatic carbocycles. The largest absolute Gasteiger partial charge is 0.496 e. The maximum Gasteiger partial charge on any atom is 0.122 e. The van der Waals surface area contributed by atoms with Crippen molar-refractivity contribution in [1.29, 1.82) is 0 Å². The number of benzene rings is 1. The van der Waals surface area contributed by atoms with Crippen molar-refractivity contribution < 1.29 is 9.47 Å².